The first-order valence-corrected chi connectivity index (χ1v) is 2.82. The molecule has 0 spiro atoms. The second-order valence-electron chi connectivity index (χ2n) is 1.80. The Hall–Kier alpha value is -1.19. The van der Waals surface area contributed by atoms with Gasteiger partial charge in [-0.15, -0.1) is 0 Å². The highest BCUT2D eigenvalue weighted by molar-refractivity contribution is 5.56. The molecule has 4 heteroatoms. The second kappa shape index (κ2) is 1.97. The van der Waals surface area contributed by atoms with Crippen LogP contribution < -0.4 is 11.5 Å². The van der Waals surface area contributed by atoms with Crippen molar-refractivity contribution >= 4 is 11.5 Å². The normalized spacial score (nSPS) is 9.89. The molecule has 0 aliphatic rings. The summed E-state index contributed by atoms with van der Waals surface area (Å²) in [6, 6.07) is 0. The van der Waals surface area contributed by atoms with Crippen LogP contribution in [-0.4, -0.2) is 9.78 Å². The van der Waals surface area contributed by atoms with Gasteiger partial charge in [-0.1, -0.05) is 0 Å². The van der Waals surface area contributed by atoms with E-state index in [1.54, 1.807) is 10.9 Å². The average Bonchev–Trinajstić information content (AvgIpc) is 2.15. The van der Waals surface area contributed by atoms with Crippen LogP contribution in [0.2, 0.25) is 0 Å². The van der Waals surface area contributed by atoms with Crippen LogP contribution >= 0.6 is 0 Å². The third-order valence-electron chi connectivity index (χ3n) is 1.21. The minimum Gasteiger partial charge on any atom is -0.394 e. The molecule has 1 aromatic rings. The van der Waals surface area contributed by atoms with Gasteiger partial charge in [0.05, 0.1) is 11.9 Å². The fourth-order valence-electron chi connectivity index (χ4n) is 0.661. The Morgan fingerprint density at radius 1 is 1.67 bits per heavy atom. The molecule has 0 unspecified atom stereocenters. The molecule has 1 heterocycles. The number of nitrogen functional groups attached to an aromatic ring is 2. The van der Waals surface area contributed by atoms with Crippen LogP contribution in [0.4, 0.5) is 11.5 Å². The molecule has 0 radical (unpaired) electrons. The lowest BCUT2D eigenvalue weighted by atomic mass is 10.5. The molecule has 0 aromatic carbocycles. The van der Waals surface area contributed by atoms with Gasteiger partial charge in [-0.25, -0.2) is 4.68 Å². The quantitative estimate of drug-likeness (QED) is 0.559. The highest BCUT2D eigenvalue weighted by Crippen LogP contribution is 2.10. The Bertz CT molecular complexity index is 203. The lowest BCUT2D eigenvalue weighted by molar-refractivity contribution is 0.670. The summed E-state index contributed by atoms with van der Waals surface area (Å²) in [4.78, 5) is 0. The zero-order chi connectivity index (χ0) is 6.85. The molecular weight excluding hydrogens is 116 g/mol. The van der Waals surface area contributed by atoms with E-state index in [0.29, 0.717) is 11.5 Å². The minimum absolute atomic E-state index is 0.553. The molecule has 1 aromatic heterocycles. The van der Waals surface area contributed by atoms with Gasteiger partial charge in [-0.05, 0) is 6.92 Å². The van der Waals surface area contributed by atoms with Gasteiger partial charge < -0.3 is 11.5 Å². The molecule has 0 bridgehead atoms. The SMILES string of the molecule is CCn1ncc(N)c1N. The molecule has 0 amide bonds. The highest BCUT2D eigenvalue weighted by Gasteiger charge is 1.98. The Balaban J connectivity index is 3.04. The van der Waals surface area contributed by atoms with Crippen LogP contribution in [0, 0.1) is 0 Å². The molecule has 4 nitrogen and oxygen atoms in total. The van der Waals surface area contributed by atoms with Gasteiger partial charge in [0.25, 0.3) is 0 Å². The molecule has 1 rings (SSSR count). The molecule has 0 aliphatic carbocycles. The van der Waals surface area contributed by atoms with Crippen molar-refractivity contribution in [2.45, 2.75) is 13.5 Å². The lowest BCUT2D eigenvalue weighted by Gasteiger charge is -1.96. The van der Waals surface area contributed by atoms with Crippen LogP contribution in [0.3, 0.4) is 0 Å². The molecule has 0 saturated carbocycles. The minimum atomic E-state index is 0.553. The third-order valence-corrected chi connectivity index (χ3v) is 1.21. The number of nitrogens with zero attached hydrogens (tertiary/aromatic N) is 2. The monoisotopic (exact) mass is 126 g/mol. The summed E-state index contributed by atoms with van der Waals surface area (Å²) in [7, 11) is 0. The van der Waals surface area contributed by atoms with E-state index < -0.39 is 0 Å². The van der Waals surface area contributed by atoms with Crippen molar-refractivity contribution in [3.8, 4) is 0 Å². The van der Waals surface area contributed by atoms with Crippen molar-refractivity contribution in [1.29, 1.82) is 0 Å². The first-order chi connectivity index (χ1) is 4.25. The summed E-state index contributed by atoms with van der Waals surface area (Å²) in [5.41, 5.74) is 11.4. The van der Waals surface area contributed by atoms with Gasteiger partial charge in [0.1, 0.15) is 5.82 Å². The molecule has 50 valence electrons. The zero-order valence-corrected chi connectivity index (χ0v) is 5.33. The van der Waals surface area contributed by atoms with Gasteiger partial charge in [-0.3, -0.25) is 0 Å². The van der Waals surface area contributed by atoms with E-state index in [2.05, 4.69) is 5.10 Å². The summed E-state index contributed by atoms with van der Waals surface area (Å²) >= 11 is 0. The number of aromatic nitrogens is 2. The summed E-state index contributed by atoms with van der Waals surface area (Å²) in [5.74, 6) is 0.553. The van der Waals surface area contributed by atoms with Crippen molar-refractivity contribution in [1.82, 2.24) is 9.78 Å². The van der Waals surface area contributed by atoms with Crippen molar-refractivity contribution < 1.29 is 0 Å². The van der Waals surface area contributed by atoms with E-state index in [1.807, 2.05) is 6.92 Å². The van der Waals surface area contributed by atoms with E-state index in [1.165, 1.54) is 0 Å². The van der Waals surface area contributed by atoms with Gasteiger partial charge in [0.15, 0.2) is 0 Å². The maximum absolute atomic E-state index is 5.49. The topological polar surface area (TPSA) is 69.9 Å². The van der Waals surface area contributed by atoms with E-state index in [4.69, 9.17) is 11.5 Å². The number of aryl methyl sites for hydroxylation is 1. The summed E-state index contributed by atoms with van der Waals surface area (Å²) in [6.07, 6.45) is 1.55. The maximum atomic E-state index is 5.49. The molecule has 9 heavy (non-hydrogen) atoms. The van der Waals surface area contributed by atoms with Crippen LogP contribution in [0.25, 0.3) is 0 Å². The van der Waals surface area contributed by atoms with E-state index >= 15 is 0 Å². The number of hydrogen-bond donors (Lipinski definition) is 2. The Morgan fingerprint density at radius 2 is 2.33 bits per heavy atom. The summed E-state index contributed by atoms with van der Waals surface area (Å²) < 4.78 is 1.65. The largest absolute Gasteiger partial charge is 0.394 e. The van der Waals surface area contributed by atoms with Crippen molar-refractivity contribution in [3.63, 3.8) is 0 Å². The van der Waals surface area contributed by atoms with Gasteiger partial charge >= 0.3 is 0 Å². The first kappa shape index (κ1) is 5.94. The van der Waals surface area contributed by atoms with Crippen LogP contribution in [0.15, 0.2) is 6.20 Å². The van der Waals surface area contributed by atoms with Crippen LogP contribution in [-0.2, 0) is 6.54 Å². The second-order valence-corrected chi connectivity index (χ2v) is 1.80. The zero-order valence-electron chi connectivity index (χ0n) is 5.33. The average molecular weight is 126 g/mol. The van der Waals surface area contributed by atoms with Gasteiger partial charge in [-0.2, -0.15) is 5.10 Å². The molecule has 4 N–H and O–H groups in total. The number of nitrogens with two attached hydrogens (primary N) is 2. The Morgan fingerprint density at radius 3 is 2.56 bits per heavy atom. The maximum Gasteiger partial charge on any atom is 0.145 e. The Kier molecular flexibility index (Phi) is 1.30. The predicted molar refractivity (Wildman–Crippen MR) is 36.7 cm³/mol. The van der Waals surface area contributed by atoms with E-state index in [-0.39, 0.29) is 0 Å². The highest BCUT2D eigenvalue weighted by atomic mass is 15.3. The van der Waals surface area contributed by atoms with E-state index in [9.17, 15) is 0 Å². The molecule has 0 aliphatic heterocycles. The molecule has 0 atom stereocenters. The van der Waals surface area contributed by atoms with Gasteiger partial charge in [0, 0.05) is 6.54 Å². The first-order valence-electron chi connectivity index (χ1n) is 2.82. The fourth-order valence-corrected chi connectivity index (χ4v) is 0.661. The number of anilines is 2. The fraction of sp³-hybridized carbons (Fsp3) is 0.400. The van der Waals surface area contributed by atoms with Crippen LogP contribution in [0.5, 0.6) is 0 Å². The van der Waals surface area contributed by atoms with Crippen LogP contribution in [0.1, 0.15) is 6.92 Å². The van der Waals surface area contributed by atoms with Crippen molar-refractivity contribution in [3.05, 3.63) is 6.20 Å². The van der Waals surface area contributed by atoms with E-state index in [0.717, 1.165) is 6.54 Å². The smallest absolute Gasteiger partial charge is 0.145 e. The number of hydrogen-bond acceptors (Lipinski definition) is 3. The third kappa shape index (κ3) is 0.826. The molecule has 0 saturated heterocycles. The van der Waals surface area contributed by atoms with Crippen molar-refractivity contribution in [2.75, 3.05) is 11.5 Å². The summed E-state index contributed by atoms with van der Waals surface area (Å²) in [6.45, 7) is 2.73. The molecular formula is C5H10N4. The standard InChI is InChI=1S/C5H10N4/c1-2-9-5(7)4(6)3-8-9/h3H,2,6-7H2,1H3. The molecule has 0 fully saturated rings. The summed E-state index contributed by atoms with van der Waals surface area (Å²) in [5, 5.41) is 3.90. The number of rotatable bonds is 1. The van der Waals surface area contributed by atoms with Crippen molar-refractivity contribution in [2.24, 2.45) is 0 Å². The lowest BCUT2D eigenvalue weighted by Crippen LogP contribution is -2.02. The Labute approximate surface area is 53.4 Å². The predicted octanol–water partition coefficient (Wildman–Crippen LogP) is 0.0674. The van der Waals surface area contributed by atoms with Gasteiger partial charge in [0.2, 0.25) is 0 Å².